The zero-order chi connectivity index (χ0) is 58.5. The first-order valence-electron chi connectivity index (χ1n) is 31.9. The number of ether oxygens (including phenoxy) is 3. The second-order valence-corrected chi connectivity index (χ2v) is 20.2. The van der Waals surface area contributed by atoms with Crippen LogP contribution in [-0.4, -0.2) is 37.2 Å². The lowest BCUT2D eigenvalue weighted by Gasteiger charge is -2.18. The predicted molar refractivity (Wildman–Crippen MR) is 352 cm³/mol. The van der Waals surface area contributed by atoms with E-state index in [0.717, 1.165) is 167 Å². The van der Waals surface area contributed by atoms with E-state index in [-0.39, 0.29) is 38.0 Å². The Labute approximate surface area is 497 Å². The second-order valence-electron chi connectivity index (χ2n) is 20.2. The molecule has 6 heteroatoms. The zero-order valence-corrected chi connectivity index (χ0v) is 51.5. The second kappa shape index (κ2) is 66.8. The lowest BCUT2D eigenvalue weighted by atomic mass is 10.1. The van der Waals surface area contributed by atoms with Crippen molar-refractivity contribution in [3.8, 4) is 0 Å². The number of unbranched alkanes of at least 4 members (excludes halogenated alkanes) is 13. The molecule has 0 heterocycles. The fourth-order valence-corrected chi connectivity index (χ4v) is 7.96. The summed E-state index contributed by atoms with van der Waals surface area (Å²) in [4.78, 5) is 38.3. The Hall–Kier alpha value is -5.75. The summed E-state index contributed by atoms with van der Waals surface area (Å²) in [7, 11) is 0. The maximum absolute atomic E-state index is 12.9. The molecule has 0 aliphatic rings. The van der Waals surface area contributed by atoms with Gasteiger partial charge in [0.15, 0.2) is 6.10 Å². The highest BCUT2D eigenvalue weighted by Gasteiger charge is 2.19. The third-order valence-electron chi connectivity index (χ3n) is 12.6. The molecule has 1 unspecified atom stereocenters. The van der Waals surface area contributed by atoms with Gasteiger partial charge >= 0.3 is 17.9 Å². The normalized spacial score (nSPS) is 13.5. The SMILES string of the molecule is CC/C=C\C/C=C\C/C=C\C/C=C\C/C=C\C/C=C\C/C=C\CCCCCCCCCC(=O)OCC(COC(=O)C/C=C\C/C=C\C/C=C\C/C=C\C/C=C\CC)OC(=O)CCCCCCCC/C=C\C/C=C\C/C=C\C/C=C\CC. The molecule has 0 aromatic rings. The van der Waals surface area contributed by atoms with Crippen molar-refractivity contribution in [2.24, 2.45) is 0 Å². The molecule has 0 aliphatic heterocycles. The summed E-state index contributed by atoms with van der Waals surface area (Å²) in [5.41, 5.74) is 0. The van der Waals surface area contributed by atoms with E-state index in [1.807, 2.05) is 6.08 Å². The topological polar surface area (TPSA) is 78.9 Å². The molecule has 0 rings (SSSR count). The minimum atomic E-state index is -0.844. The highest BCUT2D eigenvalue weighted by molar-refractivity contribution is 5.72. The molecule has 0 aromatic heterocycles. The van der Waals surface area contributed by atoms with Gasteiger partial charge in [-0.05, 0) is 141 Å². The molecule has 81 heavy (non-hydrogen) atoms. The van der Waals surface area contributed by atoms with Crippen LogP contribution in [0.5, 0.6) is 0 Å². The molecule has 0 saturated carbocycles. The molecule has 6 nitrogen and oxygen atoms in total. The average molecular weight is 1110 g/mol. The maximum Gasteiger partial charge on any atom is 0.309 e. The molecular weight excluding hydrogens is 997 g/mol. The summed E-state index contributed by atoms with van der Waals surface area (Å²) in [6.45, 7) is 6.17. The van der Waals surface area contributed by atoms with Gasteiger partial charge in [0.1, 0.15) is 13.2 Å². The Bertz CT molecular complexity index is 1950. The summed E-state index contributed by atoms with van der Waals surface area (Å²) in [5.74, 6) is -1.10. The Morgan fingerprint density at radius 3 is 0.802 bits per heavy atom. The van der Waals surface area contributed by atoms with Crippen LogP contribution in [0, 0.1) is 0 Å². The lowest BCUT2D eigenvalue weighted by molar-refractivity contribution is -0.166. The third-order valence-corrected chi connectivity index (χ3v) is 12.6. The van der Waals surface area contributed by atoms with Crippen LogP contribution in [0.2, 0.25) is 0 Å². The standard InChI is InChI=1S/C75H114O6/c1-4-7-10-13-16-19-22-25-28-30-32-33-34-35-36-37-38-39-40-41-43-44-47-50-53-56-59-62-65-68-74(77)80-71-72(70-79-73(76)67-64-61-58-55-52-49-46-27-24-21-18-15-12-9-6-3)81-75(78)69-66-63-60-57-54-51-48-45-42-31-29-26-23-20-17-14-11-8-5-2/h7-12,16-21,25-29,32-33,35-36,38-39,41-43,45-46,52,55,61,64,72H,4-6,13-15,22-24,30-31,34,37,40,44,47-51,53-54,56-60,62-63,65-71H2,1-3H3/b10-7-,11-8-,12-9-,19-16-,20-17-,21-18-,28-25-,29-26-,33-32-,36-35-,39-38-,43-41-,45-42-,46-27-,55-52-,64-61-. The minimum absolute atomic E-state index is 0.111. The zero-order valence-electron chi connectivity index (χ0n) is 51.5. The first-order chi connectivity index (χ1) is 40.0. The Kier molecular flexibility index (Phi) is 62.0. The molecule has 0 N–H and O–H groups in total. The van der Waals surface area contributed by atoms with Crippen molar-refractivity contribution in [3.63, 3.8) is 0 Å². The summed E-state index contributed by atoms with van der Waals surface area (Å²) in [6, 6.07) is 0. The summed E-state index contributed by atoms with van der Waals surface area (Å²) in [5, 5.41) is 0. The van der Waals surface area contributed by atoms with Crippen LogP contribution in [-0.2, 0) is 28.6 Å². The largest absolute Gasteiger partial charge is 0.462 e. The van der Waals surface area contributed by atoms with E-state index in [9.17, 15) is 14.4 Å². The van der Waals surface area contributed by atoms with Gasteiger partial charge in [0.25, 0.3) is 0 Å². The average Bonchev–Trinajstić information content (AvgIpc) is 3.47. The van der Waals surface area contributed by atoms with Gasteiger partial charge in [0, 0.05) is 12.8 Å². The smallest absolute Gasteiger partial charge is 0.309 e. The van der Waals surface area contributed by atoms with Crippen molar-refractivity contribution in [3.05, 3.63) is 194 Å². The molecule has 0 aromatic carbocycles. The van der Waals surface area contributed by atoms with Crippen molar-refractivity contribution >= 4 is 17.9 Å². The van der Waals surface area contributed by atoms with Crippen LogP contribution in [0.4, 0.5) is 0 Å². The first kappa shape index (κ1) is 75.2. The minimum Gasteiger partial charge on any atom is -0.462 e. The van der Waals surface area contributed by atoms with Crippen molar-refractivity contribution in [1.82, 2.24) is 0 Å². The number of hydrogen-bond acceptors (Lipinski definition) is 6. The number of hydrogen-bond donors (Lipinski definition) is 0. The van der Waals surface area contributed by atoms with Gasteiger partial charge < -0.3 is 14.2 Å². The highest BCUT2D eigenvalue weighted by atomic mass is 16.6. The first-order valence-corrected chi connectivity index (χ1v) is 31.9. The summed E-state index contributed by atoms with van der Waals surface area (Å²) < 4.78 is 16.8. The fourth-order valence-electron chi connectivity index (χ4n) is 7.96. The highest BCUT2D eigenvalue weighted by Crippen LogP contribution is 2.13. The summed E-state index contributed by atoms with van der Waals surface area (Å²) >= 11 is 0. The predicted octanol–water partition coefficient (Wildman–Crippen LogP) is 22.2. The third kappa shape index (κ3) is 64.9. The van der Waals surface area contributed by atoms with E-state index in [0.29, 0.717) is 6.42 Å². The molecule has 0 bridgehead atoms. The van der Waals surface area contributed by atoms with Gasteiger partial charge in [-0.3, -0.25) is 14.4 Å². The van der Waals surface area contributed by atoms with E-state index >= 15 is 0 Å². The van der Waals surface area contributed by atoms with E-state index < -0.39 is 12.1 Å². The number of esters is 3. The molecule has 0 spiro atoms. The van der Waals surface area contributed by atoms with E-state index in [4.69, 9.17) is 14.2 Å². The van der Waals surface area contributed by atoms with Crippen molar-refractivity contribution < 1.29 is 28.6 Å². The van der Waals surface area contributed by atoms with Crippen LogP contribution in [0.1, 0.15) is 239 Å². The van der Waals surface area contributed by atoms with Crippen LogP contribution in [0.15, 0.2) is 194 Å². The van der Waals surface area contributed by atoms with Crippen LogP contribution < -0.4 is 0 Å². The molecule has 0 radical (unpaired) electrons. The number of carbonyl (C=O) groups excluding carboxylic acids is 3. The van der Waals surface area contributed by atoms with Crippen molar-refractivity contribution in [2.75, 3.05) is 13.2 Å². The molecule has 1 atom stereocenters. The quantitative estimate of drug-likeness (QED) is 0.0261. The number of rotatable bonds is 55. The number of allylic oxidation sites excluding steroid dienone is 31. The van der Waals surface area contributed by atoms with Crippen LogP contribution in [0.3, 0.4) is 0 Å². The molecule has 0 fully saturated rings. The number of carbonyl (C=O) groups is 3. The molecule has 0 amide bonds. The lowest BCUT2D eigenvalue weighted by Crippen LogP contribution is -2.30. The van der Waals surface area contributed by atoms with Gasteiger partial charge in [-0.15, -0.1) is 0 Å². The van der Waals surface area contributed by atoms with Crippen LogP contribution >= 0.6 is 0 Å². The van der Waals surface area contributed by atoms with Gasteiger partial charge in [0.05, 0.1) is 6.42 Å². The van der Waals surface area contributed by atoms with Crippen LogP contribution in [0.25, 0.3) is 0 Å². The van der Waals surface area contributed by atoms with Gasteiger partial charge in [0.2, 0.25) is 0 Å². The van der Waals surface area contributed by atoms with E-state index in [1.54, 1.807) is 6.08 Å². The Balaban J connectivity index is 4.49. The van der Waals surface area contributed by atoms with E-state index in [2.05, 4.69) is 203 Å². The fraction of sp³-hybridized carbons (Fsp3) is 0.533. The Morgan fingerprint density at radius 1 is 0.259 bits per heavy atom. The van der Waals surface area contributed by atoms with E-state index in [1.165, 1.54) is 32.1 Å². The Morgan fingerprint density at radius 2 is 0.494 bits per heavy atom. The van der Waals surface area contributed by atoms with Gasteiger partial charge in [-0.25, -0.2) is 0 Å². The molecule has 0 aliphatic carbocycles. The monoisotopic (exact) mass is 1110 g/mol. The molecular formula is C75H114O6. The summed E-state index contributed by atoms with van der Waals surface area (Å²) in [6.07, 6.45) is 102. The molecule has 0 saturated heterocycles. The maximum atomic E-state index is 12.9. The van der Waals surface area contributed by atoms with Gasteiger partial charge in [-0.1, -0.05) is 273 Å². The molecule has 450 valence electrons. The van der Waals surface area contributed by atoms with Crippen molar-refractivity contribution in [2.45, 2.75) is 245 Å². The van der Waals surface area contributed by atoms with Crippen molar-refractivity contribution in [1.29, 1.82) is 0 Å². The van der Waals surface area contributed by atoms with Gasteiger partial charge in [-0.2, -0.15) is 0 Å².